The number of hydrogen-bond donors (Lipinski definition) is 0. The molecular formula is C16H20O4. The van der Waals surface area contributed by atoms with Crippen molar-refractivity contribution >= 4 is 18.0 Å². The van der Waals surface area contributed by atoms with Crippen molar-refractivity contribution in [2.24, 2.45) is 0 Å². The van der Waals surface area contributed by atoms with E-state index >= 15 is 0 Å². The Bertz CT molecular complexity index is 463. The van der Waals surface area contributed by atoms with Crippen LogP contribution in [-0.2, 0) is 19.1 Å². The van der Waals surface area contributed by atoms with Gasteiger partial charge in [-0.15, -0.1) is 0 Å². The minimum atomic E-state index is -0.388. The molecule has 20 heavy (non-hydrogen) atoms. The van der Waals surface area contributed by atoms with Crippen LogP contribution in [0, 0.1) is 0 Å². The molecule has 0 aliphatic carbocycles. The number of hydrogen-bond acceptors (Lipinski definition) is 4. The van der Waals surface area contributed by atoms with Crippen molar-refractivity contribution in [2.75, 3.05) is 13.2 Å². The van der Waals surface area contributed by atoms with E-state index in [4.69, 9.17) is 9.47 Å². The van der Waals surface area contributed by atoms with Gasteiger partial charge in [-0.3, -0.25) is 4.79 Å². The molecule has 108 valence electrons. The maximum Gasteiger partial charge on any atom is 0.334 e. The molecule has 1 aromatic carbocycles. The van der Waals surface area contributed by atoms with Gasteiger partial charge in [0.25, 0.3) is 0 Å². The van der Waals surface area contributed by atoms with Crippen LogP contribution in [0.15, 0.2) is 35.9 Å². The summed E-state index contributed by atoms with van der Waals surface area (Å²) in [5.74, 6) is -0.698. The second-order valence-corrected chi connectivity index (χ2v) is 4.11. The summed E-state index contributed by atoms with van der Waals surface area (Å²) in [6.07, 6.45) is 2.23. The highest BCUT2D eigenvalue weighted by atomic mass is 16.5. The van der Waals surface area contributed by atoms with Gasteiger partial charge < -0.3 is 9.47 Å². The summed E-state index contributed by atoms with van der Waals surface area (Å²) in [4.78, 5) is 23.3. The van der Waals surface area contributed by atoms with E-state index in [0.717, 1.165) is 5.56 Å². The van der Waals surface area contributed by atoms with Gasteiger partial charge in [0.1, 0.15) is 0 Å². The quantitative estimate of drug-likeness (QED) is 0.567. The average molecular weight is 276 g/mol. The van der Waals surface area contributed by atoms with Crippen LogP contribution in [0.3, 0.4) is 0 Å². The monoisotopic (exact) mass is 276 g/mol. The van der Waals surface area contributed by atoms with E-state index in [1.54, 1.807) is 19.9 Å². The van der Waals surface area contributed by atoms with Crippen LogP contribution >= 0.6 is 0 Å². The van der Waals surface area contributed by atoms with Crippen LogP contribution in [-0.4, -0.2) is 25.2 Å². The lowest BCUT2D eigenvalue weighted by atomic mass is 10.1. The molecular weight excluding hydrogens is 256 g/mol. The third kappa shape index (κ3) is 5.69. The molecule has 4 heteroatoms. The fourth-order valence-corrected chi connectivity index (χ4v) is 1.68. The minimum Gasteiger partial charge on any atom is -0.466 e. The van der Waals surface area contributed by atoms with Crippen molar-refractivity contribution in [2.45, 2.75) is 26.7 Å². The molecule has 1 aromatic rings. The lowest BCUT2D eigenvalue weighted by Crippen LogP contribution is -2.11. The van der Waals surface area contributed by atoms with Crippen LogP contribution in [0.4, 0.5) is 0 Å². The maximum absolute atomic E-state index is 11.9. The van der Waals surface area contributed by atoms with E-state index < -0.39 is 0 Å². The van der Waals surface area contributed by atoms with Crippen molar-refractivity contribution in [3.63, 3.8) is 0 Å². The molecule has 0 unspecified atom stereocenters. The van der Waals surface area contributed by atoms with Gasteiger partial charge in [0.05, 0.1) is 13.2 Å². The lowest BCUT2D eigenvalue weighted by molar-refractivity contribution is -0.143. The third-order valence-electron chi connectivity index (χ3n) is 2.58. The zero-order valence-corrected chi connectivity index (χ0v) is 11.9. The molecule has 4 nitrogen and oxygen atoms in total. The smallest absolute Gasteiger partial charge is 0.334 e. The molecule has 0 N–H and O–H groups in total. The zero-order valence-electron chi connectivity index (χ0n) is 11.9. The summed E-state index contributed by atoms with van der Waals surface area (Å²) in [7, 11) is 0. The summed E-state index contributed by atoms with van der Waals surface area (Å²) in [5.41, 5.74) is 1.38. The molecule has 0 aromatic heterocycles. The predicted octanol–water partition coefficient (Wildman–Crippen LogP) is 2.98. The van der Waals surface area contributed by atoms with Crippen LogP contribution in [0.2, 0.25) is 0 Å². The third-order valence-corrected chi connectivity index (χ3v) is 2.58. The Labute approximate surface area is 119 Å². The van der Waals surface area contributed by atoms with E-state index in [-0.39, 0.29) is 18.4 Å². The van der Waals surface area contributed by atoms with Crippen LogP contribution < -0.4 is 0 Å². The molecule has 0 amide bonds. The number of rotatable bonds is 7. The normalized spacial score (nSPS) is 11.0. The first-order chi connectivity index (χ1) is 9.67. The summed E-state index contributed by atoms with van der Waals surface area (Å²) < 4.78 is 9.87. The highest BCUT2D eigenvalue weighted by Crippen LogP contribution is 2.14. The molecule has 1 rings (SSSR count). The van der Waals surface area contributed by atoms with Gasteiger partial charge in [-0.2, -0.15) is 0 Å². The molecule has 0 radical (unpaired) electrons. The van der Waals surface area contributed by atoms with Crippen molar-refractivity contribution in [1.82, 2.24) is 0 Å². The first kappa shape index (κ1) is 16.0. The van der Waals surface area contributed by atoms with E-state index in [2.05, 4.69) is 0 Å². The SMILES string of the molecule is CCOC(=O)CC/C(=C\c1ccccc1)C(=O)OCC. The van der Waals surface area contributed by atoms with Gasteiger partial charge >= 0.3 is 11.9 Å². The fourth-order valence-electron chi connectivity index (χ4n) is 1.68. The van der Waals surface area contributed by atoms with Crippen molar-refractivity contribution in [3.05, 3.63) is 41.5 Å². The first-order valence-corrected chi connectivity index (χ1v) is 6.75. The van der Waals surface area contributed by atoms with Gasteiger partial charge in [-0.25, -0.2) is 4.79 Å². The predicted molar refractivity (Wildman–Crippen MR) is 76.9 cm³/mol. The number of carbonyl (C=O) groups excluding carboxylic acids is 2. The molecule has 0 aliphatic heterocycles. The van der Waals surface area contributed by atoms with Gasteiger partial charge in [-0.1, -0.05) is 30.3 Å². The number of ether oxygens (including phenoxy) is 2. The van der Waals surface area contributed by atoms with E-state index in [0.29, 0.717) is 25.2 Å². The minimum absolute atomic E-state index is 0.172. The molecule has 0 spiro atoms. The molecule has 0 atom stereocenters. The van der Waals surface area contributed by atoms with Crippen LogP contribution in [0.5, 0.6) is 0 Å². The molecule has 0 fully saturated rings. The topological polar surface area (TPSA) is 52.6 Å². The van der Waals surface area contributed by atoms with Crippen molar-refractivity contribution in [1.29, 1.82) is 0 Å². The van der Waals surface area contributed by atoms with Gasteiger partial charge in [-0.05, 0) is 31.9 Å². The Morgan fingerprint density at radius 1 is 1.00 bits per heavy atom. The number of esters is 2. The highest BCUT2D eigenvalue weighted by Gasteiger charge is 2.13. The van der Waals surface area contributed by atoms with Gasteiger partial charge in [0, 0.05) is 12.0 Å². The first-order valence-electron chi connectivity index (χ1n) is 6.75. The van der Waals surface area contributed by atoms with Gasteiger partial charge in [0.15, 0.2) is 0 Å². The van der Waals surface area contributed by atoms with E-state index in [1.807, 2.05) is 30.3 Å². The lowest BCUT2D eigenvalue weighted by Gasteiger charge is -2.07. The Kier molecular flexibility index (Phi) is 7.11. The maximum atomic E-state index is 11.9. The summed E-state index contributed by atoms with van der Waals surface area (Å²) >= 11 is 0. The Morgan fingerprint density at radius 3 is 2.25 bits per heavy atom. The number of benzene rings is 1. The highest BCUT2D eigenvalue weighted by molar-refractivity contribution is 5.94. The van der Waals surface area contributed by atoms with Crippen molar-refractivity contribution < 1.29 is 19.1 Å². The van der Waals surface area contributed by atoms with Crippen LogP contribution in [0.1, 0.15) is 32.3 Å². The van der Waals surface area contributed by atoms with E-state index in [9.17, 15) is 9.59 Å². The Balaban J connectivity index is 2.78. The second-order valence-electron chi connectivity index (χ2n) is 4.11. The summed E-state index contributed by atoms with van der Waals surface area (Å²) in [6.45, 7) is 4.16. The Morgan fingerprint density at radius 2 is 1.65 bits per heavy atom. The molecule has 0 saturated carbocycles. The fraction of sp³-hybridized carbons (Fsp3) is 0.375. The average Bonchev–Trinajstić information content (AvgIpc) is 2.45. The zero-order chi connectivity index (χ0) is 14.8. The standard InChI is InChI=1S/C16H20O4/c1-3-19-15(17)11-10-14(16(18)20-4-2)12-13-8-6-5-7-9-13/h5-9,12H,3-4,10-11H2,1-2H3/b14-12+. The second kappa shape index (κ2) is 8.91. The Hall–Kier alpha value is -2.10. The molecule has 0 bridgehead atoms. The van der Waals surface area contributed by atoms with Crippen molar-refractivity contribution in [3.8, 4) is 0 Å². The molecule has 0 aliphatic rings. The number of carbonyl (C=O) groups is 2. The summed E-state index contributed by atoms with van der Waals surface area (Å²) in [5, 5.41) is 0. The summed E-state index contributed by atoms with van der Waals surface area (Å²) in [6, 6.07) is 9.47. The van der Waals surface area contributed by atoms with Crippen LogP contribution in [0.25, 0.3) is 6.08 Å². The van der Waals surface area contributed by atoms with E-state index in [1.165, 1.54) is 0 Å². The largest absolute Gasteiger partial charge is 0.466 e. The van der Waals surface area contributed by atoms with Gasteiger partial charge in [0.2, 0.25) is 0 Å². The molecule has 0 heterocycles. The molecule has 0 saturated heterocycles.